The fraction of sp³-hybridized carbons (Fsp3) is 0.750. The average molecular weight is 309 g/mol. The summed E-state index contributed by atoms with van der Waals surface area (Å²) in [6.45, 7) is 11.0. The number of aryl methyl sites for hydroxylation is 2. The molecule has 1 aliphatic rings. The Morgan fingerprint density at radius 1 is 1.32 bits per heavy atom. The summed E-state index contributed by atoms with van der Waals surface area (Å²) < 4.78 is 5.17. The SMILES string of the molecule is CCC(CO)N1CCN(C(=O)C(C)c2c(C)noc2C)CC1. The number of nitrogens with zero attached hydrogens (tertiary/aromatic N) is 3. The molecule has 22 heavy (non-hydrogen) atoms. The number of carbonyl (C=O) groups is 1. The lowest BCUT2D eigenvalue weighted by Crippen LogP contribution is -2.53. The Labute approximate surface area is 132 Å². The van der Waals surface area contributed by atoms with E-state index in [0.717, 1.165) is 36.5 Å². The number of aromatic nitrogens is 1. The third kappa shape index (κ3) is 3.33. The lowest BCUT2D eigenvalue weighted by Gasteiger charge is -2.39. The average Bonchev–Trinajstić information content (AvgIpc) is 2.87. The van der Waals surface area contributed by atoms with Crippen LogP contribution in [0.4, 0.5) is 0 Å². The van der Waals surface area contributed by atoms with E-state index in [1.54, 1.807) is 0 Å². The van der Waals surface area contributed by atoms with Crippen molar-refractivity contribution >= 4 is 5.91 Å². The minimum atomic E-state index is -0.224. The smallest absolute Gasteiger partial charge is 0.230 e. The molecular weight excluding hydrogens is 282 g/mol. The van der Waals surface area contributed by atoms with Gasteiger partial charge < -0.3 is 14.5 Å². The molecule has 6 heteroatoms. The fourth-order valence-electron chi connectivity index (χ4n) is 3.32. The summed E-state index contributed by atoms with van der Waals surface area (Å²) >= 11 is 0. The zero-order valence-corrected chi connectivity index (χ0v) is 14.0. The van der Waals surface area contributed by atoms with E-state index in [1.165, 1.54) is 0 Å². The number of carbonyl (C=O) groups excluding carboxylic acids is 1. The van der Waals surface area contributed by atoms with Gasteiger partial charge in [0.15, 0.2) is 0 Å². The van der Waals surface area contributed by atoms with Crippen LogP contribution in [0.3, 0.4) is 0 Å². The summed E-state index contributed by atoms with van der Waals surface area (Å²) in [5.41, 5.74) is 1.71. The summed E-state index contributed by atoms with van der Waals surface area (Å²) in [6.07, 6.45) is 0.930. The Morgan fingerprint density at radius 3 is 2.41 bits per heavy atom. The number of aliphatic hydroxyl groups is 1. The number of amides is 1. The van der Waals surface area contributed by atoms with Gasteiger partial charge in [-0.05, 0) is 27.2 Å². The molecule has 124 valence electrons. The molecule has 1 N–H and O–H groups in total. The topological polar surface area (TPSA) is 69.8 Å². The van der Waals surface area contributed by atoms with Crippen molar-refractivity contribution in [3.05, 3.63) is 17.0 Å². The normalized spacial score (nSPS) is 19.2. The van der Waals surface area contributed by atoms with Gasteiger partial charge in [-0.1, -0.05) is 12.1 Å². The maximum absolute atomic E-state index is 12.7. The minimum Gasteiger partial charge on any atom is -0.395 e. The molecule has 0 aliphatic carbocycles. The molecule has 2 heterocycles. The second-order valence-corrected chi connectivity index (χ2v) is 6.07. The van der Waals surface area contributed by atoms with Crippen LogP contribution in [0.2, 0.25) is 0 Å². The quantitative estimate of drug-likeness (QED) is 0.888. The first-order valence-corrected chi connectivity index (χ1v) is 8.06. The van der Waals surface area contributed by atoms with E-state index in [2.05, 4.69) is 17.0 Å². The number of hydrogen-bond donors (Lipinski definition) is 1. The molecule has 1 aliphatic heterocycles. The van der Waals surface area contributed by atoms with Crippen molar-refractivity contribution in [1.82, 2.24) is 15.0 Å². The van der Waals surface area contributed by atoms with E-state index in [0.29, 0.717) is 13.1 Å². The van der Waals surface area contributed by atoms with Crippen LogP contribution in [0.15, 0.2) is 4.52 Å². The summed E-state index contributed by atoms with van der Waals surface area (Å²) in [4.78, 5) is 16.9. The number of hydrogen-bond acceptors (Lipinski definition) is 5. The van der Waals surface area contributed by atoms with Gasteiger partial charge in [-0.3, -0.25) is 9.69 Å². The monoisotopic (exact) mass is 309 g/mol. The first-order valence-electron chi connectivity index (χ1n) is 8.06. The Hall–Kier alpha value is -1.40. The predicted molar refractivity (Wildman–Crippen MR) is 83.7 cm³/mol. The van der Waals surface area contributed by atoms with Gasteiger partial charge in [0.2, 0.25) is 5.91 Å². The summed E-state index contributed by atoms with van der Waals surface area (Å²) in [6, 6.07) is 0.206. The Balaban J connectivity index is 1.98. The van der Waals surface area contributed by atoms with Gasteiger partial charge in [-0.15, -0.1) is 0 Å². The van der Waals surface area contributed by atoms with Gasteiger partial charge in [0, 0.05) is 37.8 Å². The van der Waals surface area contributed by atoms with Crippen LogP contribution in [-0.4, -0.2) is 64.8 Å². The molecule has 2 atom stereocenters. The van der Waals surface area contributed by atoms with Gasteiger partial charge in [0.25, 0.3) is 0 Å². The largest absolute Gasteiger partial charge is 0.395 e. The van der Waals surface area contributed by atoms with Crippen LogP contribution >= 0.6 is 0 Å². The second-order valence-electron chi connectivity index (χ2n) is 6.07. The number of aliphatic hydroxyl groups excluding tert-OH is 1. The molecule has 1 aromatic rings. The molecule has 1 amide bonds. The molecule has 1 aromatic heterocycles. The second kappa shape index (κ2) is 7.24. The van der Waals surface area contributed by atoms with Crippen molar-refractivity contribution in [3.8, 4) is 0 Å². The zero-order chi connectivity index (χ0) is 16.3. The zero-order valence-electron chi connectivity index (χ0n) is 14.0. The van der Waals surface area contributed by atoms with Crippen LogP contribution in [0, 0.1) is 13.8 Å². The standard InChI is InChI=1S/C16H27N3O3/c1-5-14(10-20)18-6-8-19(9-7-18)16(21)11(2)15-12(3)17-22-13(15)4/h11,14,20H,5-10H2,1-4H3. The highest BCUT2D eigenvalue weighted by atomic mass is 16.5. The van der Waals surface area contributed by atoms with E-state index in [4.69, 9.17) is 4.52 Å². The molecular formula is C16H27N3O3. The van der Waals surface area contributed by atoms with Gasteiger partial charge in [0.05, 0.1) is 18.2 Å². The van der Waals surface area contributed by atoms with Crippen molar-refractivity contribution in [2.45, 2.75) is 46.1 Å². The summed E-state index contributed by atoms with van der Waals surface area (Å²) in [7, 11) is 0. The van der Waals surface area contributed by atoms with Crippen molar-refractivity contribution in [2.24, 2.45) is 0 Å². The number of piperazine rings is 1. The van der Waals surface area contributed by atoms with Crippen LogP contribution in [0.5, 0.6) is 0 Å². The Morgan fingerprint density at radius 2 is 1.95 bits per heavy atom. The maximum atomic E-state index is 12.7. The molecule has 2 rings (SSSR count). The Bertz CT molecular complexity index is 483. The molecule has 2 unspecified atom stereocenters. The van der Waals surface area contributed by atoms with Crippen molar-refractivity contribution in [1.29, 1.82) is 0 Å². The lowest BCUT2D eigenvalue weighted by atomic mass is 9.97. The molecule has 0 spiro atoms. The van der Waals surface area contributed by atoms with Crippen molar-refractivity contribution in [2.75, 3.05) is 32.8 Å². The van der Waals surface area contributed by atoms with E-state index >= 15 is 0 Å². The molecule has 1 fully saturated rings. The van der Waals surface area contributed by atoms with Gasteiger partial charge in [-0.25, -0.2) is 0 Å². The predicted octanol–water partition coefficient (Wildman–Crippen LogP) is 1.31. The summed E-state index contributed by atoms with van der Waals surface area (Å²) in [5, 5.41) is 13.3. The van der Waals surface area contributed by atoms with Gasteiger partial charge in [0.1, 0.15) is 5.76 Å². The van der Waals surface area contributed by atoms with Crippen LogP contribution < -0.4 is 0 Å². The summed E-state index contributed by atoms with van der Waals surface area (Å²) in [5.74, 6) is 0.632. The van der Waals surface area contributed by atoms with E-state index < -0.39 is 0 Å². The lowest BCUT2D eigenvalue weighted by molar-refractivity contribution is -0.134. The van der Waals surface area contributed by atoms with Crippen LogP contribution in [0.25, 0.3) is 0 Å². The van der Waals surface area contributed by atoms with E-state index in [1.807, 2.05) is 25.7 Å². The van der Waals surface area contributed by atoms with Crippen molar-refractivity contribution in [3.63, 3.8) is 0 Å². The highest BCUT2D eigenvalue weighted by Crippen LogP contribution is 2.25. The van der Waals surface area contributed by atoms with Gasteiger partial charge in [-0.2, -0.15) is 0 Å². The maximum Gasteiger partial charge on any atom is 0.230 e. The first kappa shape index (κ1) is 17.0. The molecule has 0 radical (unpaired) electrons. The third-order valence-corrected chi connectivity index (χ3v) is 4.72. The van der Waals surface area contributed by atoms with Crippen LogP contribution in [-0.2, 0) is 4.79 Å². The Kier molecular flexibility index (Phi) is 5.58. The third-order valence-electron chi connectivity index (χ3n) is 4.72. The van der Waals surface area contributed by atoms with Crippen LogP contribution in [0.1, 0.15) is 43.2 Å². The molecule has 6 nitrogen and oxygen atoms in total. The van der Waals surface area contributed by atoms with E-state index in [-0.39, 0.29) is 24.5 Å². The fourth-order valence-corrected chi connectivity index (χ4v) is 3.32. The molecule has 0 bridgehead atoms. The minimum absolute atomic E-state index is 0.131. The number of rotatable bonds is 5. The molecule has 0 saturated carbocycles. The first-order chi connectivity index (χ1) is 10.5. The molecule has 0 aromatic carbocycles. The molecule has 1 saturated heterocycles. The highest BCUT2D eigenvalue weighted by Gasteiger charge is 2.30. The van der Waals surface area contributed by atoms with Crippen molar-refractivity contribution < 1.29 is 14.4 Å². The highest BCUT2D eigenvalue weighted by molar-refractivity contribution is 5.84. The van der Waals surface area contributed by atoms with E-state index in [9.17, 15) is 9.90 Å². The van der Waals surface area contributed by atoms with Gasteiger partial charge >= 0.3 is 0 Å².